The normalized spacial score (nSPS) is 14.4. The standard InChI is InChI=1S/C37H33FN8O3S/c1-2-24-5-15-31(16-6-24)46-34(26-17-19-39-20-18-26)42-43-37(46)50-23-32(47)40-30-13-9-27(10-14-30)36(48)45-21-3-4-28(22-45)35-41-33(44-49-35)25-7-11-29(38)12-8-25/h5-20,28H,2-4,21-23H2,1H3,(H,40,47). The Morgan fingerprint density at radius 1 is 0.940 bits per heavy atom. The first-order valence-electron chi connectivity index (χ1n) is 16.3. The Kier molecular flexibility index (Phi) is 9.74. The first-order chi connectivity index (χ1) is 24.4. The monoisotopic (exact) mass is 688 g/mol. The van der Waals surface area contributed by atoms with Crippen LogP contribution in [-0.4, -0.2) is 65.4 Å². The van der Waals surface area contributed by atoms with E-state index in [9.17, 15) is 14.0 Å². The van der Waals surface area contributed by atoms with Gasteiger partial charge in [0.05, 0.1) is 11.7 Å². The molecule has 4 heterocycles. The molecular formula is C37H33FN8O3S. The molecule has 1 aliphatic heterocycles. The molecule has 13 heteroatoms. The van der Waals surface area contributed by atoms with E-state index < -0.39 is 0 Å². The van der Waals surface area contributed by atoms with Gasteiger partial charge < -0.3 is 14.7 Å². The van der Waals surface area contributed by atoms with Crippen molar-refractivity contribution in [1.29, 1.82) is 0 Å². The second kappa shape index (κ2) is 14.8. The molecule has 0 radical (unpaired) electrons. The van der Waals surface area contributed by atoms with Crippen molar-refractivity contribution >= 4 is 29.3 Å². The fraction of sp³-hybridized carbons (Fsp3) is 0.216. The fourth-order valence-electron chi connectivity index (χ4n) is 5.85. The van der Waals surface area contributed by atoms with E-state index in [2.05, 4.69) is 49.7 Å². The topological polar surface area (TPSA) is 132 Å². The lowest BCUT2D eigenvalue weighted by Crippen LogP contribution is -2.39. The highest BCUT2D eigenvalue weighted by atomic mass is 32.2. The van der Waals surface area contributed by atoms with Crippen LogP contribution in [0.4, 0.5) is 10.1 Å². The molecule has 252 valence electrons. The molecule has 0 aliphatic carbocycles. The van der Waals surface area contributed by atoms with Crippen LogP contribution in [0.15, 0.2) is 107 Å². The van der Waals surface area contributed by atoms with Crippen LogP contribution in [0.5, 0.6) is 0 Å². The van der Waals surface area contributed by atoms with E-state index in [-0.39, 0.29) is 29.3 Å². The summed E-state index contributed by atoms with van der Waals surface area (Å²) in [7, 11) is 0. The molecule has 1 unspecified atom stereocenters. The molecular weight excluding hydrogens is 656 g/mol. The van der Waals surface area contributed by atoms with Gasteiger partial charge in [-0.2, -0.15) is 4.98 Å². The molecule has 1 aliphatic rings. The van der Waals surface area contributed by atoms with Gasteiger partial charge >= 0.3 is 0 Å². The first kappa shape index (κ1) is 32.8. The smallest absolute Gasteiger partial charge is 0.253 e. The summed E-state index contributed by atoms with van der Waals surface area (Å²) in [5.41, 5.74) is 4.73. The lowest BCUT2D eigenvalue weighted by molar-refractivity contribution is -0.113. The molecule has 0 spiro atoms. The average molecular weight is 689 g/mol. The van der Waals surface area contributed by atoms with Gasteiger partial charge in [0.1, 0.15) is 5.82 Å². The largest absolute Gasteiger partial charge is 0.339 e. The molecule has 0 saturated carbocycles. The highest BCUT2D eigenvalue weighted by Crippen LogP contribution is 2.30. The summed E-state index contributed by atoms with van der Waals surface area (Å²) < 4.78 is 20.8. The molecule has 1 N–H and O–H groups in total. The molecule has 2 amide bonds. The number of aromatic nitrogens is 6. The molecule has 1 saturated heterocycles. The number of hydrogen-bond acceptors (Lipinski definition) is 9. The zero-order valence-electron chi connectivity index (χ0n) is 27.2. The van der Waals surface area contributed by atoms with Gasteiger partial charge in [0.2, 0.25) is 17.6 Å². The number of aryl methyl sites for hydroxylation is 1. The van der Waals surface area contributed by atoms with Crippen molar-refractivity contribution in [1.82, 2.24) is 34.8 Å². The average Bonchev–Trinajstić information content (AvgIpc) is 3.83. The minimum absolute atomic E-state index is 0.104. The summed E-state index contributed by atoms with van der Waals surface area (Å²) in [4.78, 5) is 36.9. The van der Waals surface area contributed by atoms with Crippen LogP contribution in [0.2, 0.25) is 0 Å². The third kappa shape index (κ3) is 7.32. The lowest BCUT2D eigenvalue weighted by Gasteiger charge is -2.31. The SMILES string of the molecule is CCc1ccc(-n2c(SCC(=O)Nc3ccc(C(=O)N4CCCC(c5nc(-c6ccc(F)cc6)no5)C4)cc3)nnc2-c2ccncc2)cc1. The highest BCUT2D eigenvalue weighted by molar-refractivity contribution is 7.99. The van der Waals surface area contributed by atoms with E-state index in [4.69, 9.17) is 4.52 Å². The number of rotatable bonds is 10. The second-order valence-corrected chi connectivity index (χ2v) is 12.8. The number of anilines is 1. The quantitative estimate of drug-likeness (QED) is 0.154. The van der Waals surface area contributed by atoms with E-state index in [0.29, 0.717) is 52.6 Å². The molecule has 0 bridgehead atoms. The number of amides is 2. The number of halogens is 1. The molecule has 7 rings (SSSR count). The van der Waals surface area contributed by atoms with Crippen molar-refractivity contribution < 1.29 is 18.5 Å². The van der Waals surface area contributed by atoms with Crippen LogP contribution in [0.3, 0.4) is 0 Å². The molecule has 1 fully saturated rings. The van der Waals surface area contributed by atoms with Crippen molar-refractivity contribution in [2.24, 2.45) is 0 Å². The highest BCUT2D eigenvalue weighted by Gasteiger charge is 2.29. The molecule has 1 atom stereocenters. The predicted octanol–water partition coefficient (Wildman–Crippen LogP) is 6.83. The van der Waals surface area contributed by atoms with Crippen LogP contribution >= 0.6 is 11.8 Å². The van der Waals surface area contributed by atoms with Crippen LogP contribution in [0, 0.1) is 5.82 Å². The summed E-state index contributed by atoms with van der Waals surface area (Å²) in [6, 6.07) is 24.7. The van der Waals surface area contributed by atoms with Gasteiger partial charge in [0, 0.05) is 53.5 Å². The lowest BCUT2D eigenvalue weighted by atomic mass is 9.97. The number of thioether (sulfide) groups is 1. The van der Waals surface area contributed by atoms with Crippen LogP contribution in [-0.2, 0) is 11.2 Å². The summed E-state index contributed by atoms with van der Waals surface area (Å²) in [5.74, 6) is 0.842. The number of pyridine rings is 1. The molecule has 11 nitrogen and oxygen atoms in total. The predicted molar refractivity (Wildman–Crippen MR) is 187 cm³/mol. The van der Waals surface area contributed by atoms with Crippen molar-refractivity contribution in [3.8, 4) is 28.5 Å². The van der Waals surface area contributed by atoms with Crippen LogP contribution < -0.4 is 5.32 Å². The number of nitrogens with zero attached hydrogens (tertiary/aromatic N) is 7. The van der Waals surface area contributed by atoms with E-state index in [1.165, 1.54) is 29.5 Å². The maximum Gasteiger partial charge on any atom is 0.253 e. The molecule has 6 aromatic rings. The van der Waals surface area contributed by atoms with Gasteiger partial charge in [-0.25, -0.2) is 4.39 Å². The maximum absolute atomic E-state index is 13.4. The van der Waals surface area contributed by atoms with Crippen molar-refractivity contribution in [3.63, 3.8) is 0 Å². The summed E-state index contributed by atoms with van der Waals surface area (Å²) in [6.45, 7) is 3.16. The van der Waals surface area contributed by atoms with Crippen molar-refractivity contribution in [3.05, 3.63) is 120 Å². The van der Waals surface area contributed by atoms with E-state index in [1.807, 2.05) is 28.8 Å². The Morgan fingerprint density at radius 3 is 2.44 bits per heavy atom. The van der Waals surface area contributed by atoms with E-state index >= 15 is 0 Å². The van der Waals surface area contributed by atoms with Gasteiger partial charge in [-0.15, -0.1) is 10.2 Å². The minimum atomic E-state index is -0.337. The van der Waals surface area contributed by atoms with Crippen molar-refractivity contribution in [2.45, 2.75) is 37.3 Å². The van der Waals surface area contributed by atoms with Crippen LogP contribution in [0.1, 0.15) is 47.5 Å². The summed E-state index contributed by atoms with van der Waals surface area (Å²) in [6.07, 6.45) is 5.95. The number of benzene rings is 3. The van der Waals surface area contributed by atoms with Crippen molar-refractivity contribution in [2.75, 3.05) is 24.2 Å². The summed E-state index contributed by atoms with van der Waals surface area (Å²) in [5, 5.41) is 16.4. The van der Waals surface area contributed by atoms with Gasteiger partial charge in [-0.1, -0.05) is 36.0 Å². The minimum Gasteiger partial charge on any atom is -0.339 e. The van der Waals surface area contributed by atoms with Gasteiger partial charge in [0.15, 0.2) is 11.0 Å². The molecule has 3 aromatic carbocycles. The third-order valence-corrected chi connectivity index (χ3v) is 9.45. The zero-order chi connectivity index (χ0) is 34.5. The number of carbonyl (C=O) groups excluding carboxylic acids is 2. The number of hydrogen-bond donors (Lipinski definition) is 1. The Balaban J connectivity index is 0.972. The molecule has 3 aromatic heterocycles. The van der Waals surface area contributed by atoms with Crippen LogP contribution in [0.25, 0.3) is 28.5 Å². The zero-order valence-corrected chi connectivity index (χ0v) is 28.0. The number of nitrogens with one attached hydrogen (secondary N) is 1. The number of carbonyl (C=O) groups is 2. The summed E-state index contributed by atoms with van der Waals surface area (Å²) >= 11 is 1.29. The molecule has 50 heavy (non-hydrogen) atoms. The second-order valence-electron chi connectivity index (χ2n) is 11.9. The first-order valence-corrected chi connectivity index (χ1v) is 17.3. The van der Waals surface area contributed by atoms with Gasteiger partial charge in [0.25, 0.3) is 5.91 Å². The maximum atomic E-state index is 13.4. The Hall–Kier alpha value is -5.69. The Bertz CT molecular complexity index is 2080. The van der Waals surface area contributed by atoms with E-state index in [1.54, 1.807) is 53.7 Å². The Labute approximate surface area is 292 Å². The number of piperidine rings is 1. The van der Waals surface area contributed by atoms with Gasteiger partial charge in [-0.05, 0) is 97.6 Å². The third-order valence-electron chi connectivity index (χ3n) is 8.52. The number of likely N-dealkylation sites (tertiary alicyclic amines) is 1. The van der Waals surface area contributed by atoms with E-state index in [0.717, 1.165) is 30.5 Å². The fourth-order valence-corrected chi connectivity index (χ4v) is 6.60. The van der Waals surface area contributed by atoms with Gasteiger partial charge in [-0.3, -0.25) is 19.1 Å². The Morgan fingerprint density at radius 2 is 1.70 bits per heavy atom.